The Morgan fingerprint density at radius 2 is 2.30 bits per heavy atom. The molecule has 1 heterocycles. The first-order valence-electron chi connectivity index (χ1n) is 6.94. The molecule has 0 aromatic rings. The van der Waals surface area contributed by atoms with Crippen molar-refractivity contribution in [3.05, 3.63) is 0 Å². The van der Waals surface area contributed by atoms with Gasteiger partial charge in [0.2, 0.25) is 0 Å². The van der Waals surface area contributed by atoms with E-state index in [4.69, 9.17) is 4.74 Å². The van der Waals surface area contributed by atoms with Crippen LogP contribution in [-0.4, -0.2) is 81.7 Å². The Balaban J connectivity index is 2.10. The zero-order valence-corrected chi connectivity index (χ0v) is 13.7. The van der Waals surface area contributed by atoms with Gasteiger partial charge in [0.05, 0.1) is 43.3 Å². The molecule has 1 aliphatic heterocycles. The third-order valence-electron chi connectivity index (χ3n) is 2.97. The number of hydrogen-bond donors (Lipinski definition) is 2. The van der Waals surface area contributed by atoms with E-state index in [0.29, 0.717) is 6.67 Å². The van der Waals surface area contributed by atoms with Crippen LogP contribution < -0.4 is 10.6 Å². The van der Waals surface area contributed by atoms with Crippen molar-refractivity contribution in [2.45, 2.75) is 19.0 Å². The summed E-state index contributed by atoms with van der Waals surface area (Å²) in [5, 5.41) is 7.60. The quantitative estimate of drug-likeness (QED) is 0.363. The van der Waals surface area contributed by atoms with Crippen LogP contribution in [-0.2, 0) is 4.74 Å². The highest BCUT2D eigenvalue weighted by Gasteiger charge is 2.24. The van der Waals surface area contributed by atoms with Gasteiger partial charge in [-0.05, 0) is 27.3 Å². The summed E-state index contributed by atoms with van der Waals surface area (Å²) in [4.78, 5) is 11.0. The van der Waals surface area contributed by atoms with E-state index < -0.39 is 0 Å². The van der Waals surface area contributed by atoms with E-state index in [9.17, 15) is 0 Å². The molecule has 0 aromatic heterocycles. The van der Waals surface area contributed by atoms with Crippen molar-refractivity contribution in [1.82, 2.24) is 15.5 Å². The molecule has 116 valence electrons. The summed E-state index contributed by atoms with van der Waals surface area (Å²) < 4.78 is 5.50. The summed E-state index contributed by atoms with van der Waals surface area (Å²) >= 11 is 1.68. The number of thioether (sulfide) groups is 1. The molecular formula is C13H27N5OS. The second-order valence-corrected chi connectivity index (χ2v) is 5.76. The summed E-state index contributed by atoms with van der Waals surface area (Å²) in [6.07, 6.45) is 3.82. The van der Waals surface area contributed by atoms with Gasteiger partial charge in [-0.25, -0.2) is 0 Å². The Kier molecular flexibility index (Phi) is 8.84. The van der Waals surface area contributed by atoms with E-state index in [0.717, 1.165) is 31.3 Å². The maximum atomic E-state index is 5.50. The SMILES string of the molecule is CSC(=NCNCCOCCN(C)C)C1NC=NC1C. The Morgan fingerprint density at radius 1 is 1.50 bits per heavy atom. The molecule has 0 bridgehead atoms. The van der Waals surface area contributed by atoms with Crippen molar-refractivity contribution in [3.63, 3.8) is 0 Å². The maximum Gasteiger partial charge on any atom is 0.0972 e. The zero-order valence-electron chi connectivity index (χ0n) is 12.9. The Labute approximate surface area is 126 Å². The number of nitrogens with one attached hydrogen (secondary N) is 2. The lowest BCUT2D eigenvalue weighted by atomic mass is 10.2. The number of nitrogens with zero attached hydrogens (tertiary/aromatic N) is 3. The Bertz CT molecular complexity index is 322. The van der Waals surface area contributed by atoms with Crippen LogP contribution in [0.25, 0.3) is 0 Å². The van der Waals surface area contributed by atoms with E-state index in [1.54, 1.807) is 18.1 Å². The topological polar surface area (TPSA) is 61.3 Å². The summed E-state index contributed by atoms with van der Waals surface area (Å²) in [7, 11) is 4.09. The molecule has 0 saturated heterocycles. The minimum atomic E-state index is 0.225. The average Bonchev–Trinajstić information content (AvgIpc) is 2.83. The normalized spacial score (nSPS) is 22.6. The van der Waals surface area contributed by atoms with Crippen LogP contribution in [0, 0.1) is 0 Å². The van der Waals surface area contributed by atoms with Crippen LogP contribution in [0.2, 0.25) is 0 Å². The monoisotopic (exact) mass is 301 g/mol. The Hall–Kier alpha value is -0.630. The highest BCUT2D eigenvalue weighted by atomic mass is 32.2. The van der Waals surface area contributed by atoms with Crippen LogP contribution in [0.5, 0.6) is 0 Å². The Morgan fingerprint density at radius 3 is 2.90 bits per heavy atom. The molecule has 2 unspecified atom stereocenters. The van der Waals surface area contributed by atoms with Gasteiger partial charge in [-0.15, -0.1) is 11.8 Å². The van der Waals surface area contributed by atoms with Crippen molar-refractivity contribution in [1.29, 1.82) is 0 Å². The van der Waals surface area contributed by atoms with Crippen LogP contribution in [0.3, 0.4) is 0 Å². The number of hydrogen-bond acceptors (Lipinski definition) is 7. The third kappa shape index (κ3) is 6.69. The van der Waals surface area contributed by atoms with Gasteiger partial charge in [0.1, 0.15) is 0 Å². The fraction of sp³-hybridized carbons (Fsp3) is 0.846. The fourth-order valence-electron chi connectivity index (χ4n) is 1.74. The molecule has 7 heteroatoms. The minimum absolute atomic E-state index is 0.225. The number of aliphatic imine (C=N–C) groups is 2. The average molecular weight is 301 g/mol. The van der Waals surface area contributed by atoms with E-state index in [1.165, 1.54) is 0 Å². The molecule has 0 aromatic carbocycles. The van der Waals surface area contributed by atoms with Crippen molar-refractivity contribution in [2.24, 2.45) is 9.98 Å². The molecule has 0 amide bonds. The number of likely N-dealkylation sites (N-methyl/N-ethyl adjacent to an activating group) is 1. The first-order chi connectivity index (χ1) is 9.65. The van der Waals surface area contributed by atoms with Crippen molar-refractivity contribution >= 4 is 23.1 Å². The number of ether oxygens (including phenoxy) is 1. The van der Waals surface area contributed by atoms with Gasteiger partial charge in [0, 0.05) is 13.1 Å². The predicted molar refractivity (Wildman–Crippen MR) is 88.1 cm³/mol. The number of rotatable bonds is 9. The van der Waals surface area contributed by atoms with Gasteiger partial charge >= 0.3 is 0 Å². The highest BCUT2D eigenvalue weighted by Crippen LogP contribution is 2.12. The molecule has 0 aliphatic carbocycles. The fourth-order valence-corrected chi connectivity index (χ4v) is 2.45. The lowest BCUT2D eigenvalue weighted by molar-refractivity contribution is 0.119. The van der Waals surface area contributed by atoms with Crippen LogP contribution >= 0.6 is 11.8 Å². The molecule has 2 N–H and O–H groups in total. The van der Waals surface area contributed by atoms with Crippen LogP contribution in [0.1, 0.15) is 6.92 Å². The van der Waals surface area contributed by atoms with Gasteiger partial charge < -0.3 is 15.0 Å². The molecular weight excluding hydrogens is 274 g/mol. The van der Waals surface area contributed by atoms with E-state index >= 15 is 0 Å². The summed E-state index contributed by atoms with van der Waals surface area (Å²) in [5.74, 6) is 0. The molecule has 0 spiro atoms. The van der Waals surface area contributed by atoms with Gasteiger partial charge in [0.15, 0.2) is 0 Å². The van der Waals surface area contributed by atoms with Gasteiger partial charge in [-0.2, -0.15) is 0 Å². The molecule has 2 atom stereocenters. The van der Waals surface area contributed by atoms with E-state index in [1.807, 2.05) is 14.1 Å². The highest BCUT2D eigenvalue weighted by molar-refractivity contribution is 8.13. The molecule has 20 heavy (non-hydrogen) atoms. The molecule has 0 fully saturated rings. The lowest BCUT2D eigenvalue weighted by Gasteiger charge is -2.16. The largest absolute Gasteiger partial charge is 0.379 e. The molecule has 0 saturated carbocycles. The predicted octanol–water partition coefficient (Wildman–Crippen LogP) is 0.262. The minimum Gasteiger partial charge on any atom is -0.379 e. The second-order valence-electron chi connectivity index (χ2n) is 4.94. The lowest BCUT2D eigenvalue weighted by Crippen LogP contribution is -2.37. The van der Waals surface area contributed by atoms with Crippen LogP contribution in [0.15, 0.2) is 9.98 Å². The molecule has 0 radical (unpaired) electrons. The standard InChI is InChI=1S/C13H27N5OS/c1-11-12(16-10-15-11)13(20-4)17-9-14-5-7-19-8-6-18(2)3/h10-12,14H,5-9H2,1-4H3,(H,15,16). The van der Waals surface area contributed by atoms with Crippen molar-refractivity contribution < 1.29 is 4.74 Å². The third-order valence-corrected chi connectivity index (χ3v) is 3.78. The first-order valence-corrected chi connectivity index (χ1v) is 8.17. The van der Waals surface area contributed by atoms with E-state index in [2.05, 4.69) is 38.7 Å². The smallest absolute Gasteiger partial charge is 0.0972 e. The summed E-state index contributed by atoms with van der Waals surface area (Å²) in [6.45, 7) is 5.99. The van der Waals surface area contributed by atoms with Gasteiger partial charge in [-0.1, -0.05) is 0 Å². The van der Waals surface area contributed by atoms with Crippen molar-refractivity contribution in [2.75, 3.05) is 53.3 Å². The maximum absolute atomic E-state index is 5.50. The van der Waals surface area contributed by atoms with Crippen molar-refractivity contribution in [3.8, 4) is 0 Å². The molecule has 1 aliphatic rings. The molecule has 1 rings (SSSR count). The summed E-state index contributed by atoms with van der Waals surface area (Å²) in [6, 6.07) is 0.485. The van der Waals surface area contributed by atoms with Gasteiger partial charge in [0.25, 0.3) is 0 Å². The zero-order chi connectivity index (χ0) is 14.8. The first kappa shape index (κ1) is 17.4. The summed E-state index contributed by atoms with van der Waals surface area (Å²) in [5.41, 5.74) is 0. The van der Waals surface area contributed by atoms with Crippen LogP contribution in [0.4, 0.5) is 0 Å². The molecule has 6 nitrogen and oxygen atoms in total. The van der Waals surface area contributed by atoms with Gasteiger partial charge in [-0.3, -0.25) is 15.3 Å². The van der Waals surface area contributed by atoms with E-state index in [-0.39, 0.29) is 12.1 Å². The second kappa shape index (κ2) is 10.1.